The van der Waals surface area contributed by atoms with Crippen LogP contribution in [0.3, 0.4) is 0 Å². The summed E-state index contributed by atoms with van der Waals surface area (Å²) in [6.07, 6.45) is 1.87. The molecule has 0 amide bonds. The highest BCUT2D eigenvalue weighted by molar-refractivity contribution is 7.88. The van der Waals surface area contributed by atoms with Gasteiger partial charge in [0.2, 0.25) is 10.0 Å². The Labute approximate surface area is 123 Å². The molecule has 1 heterocycles. The van der Waals surface area contributed by atoms with Crippen molar-refractivity contribution in [3.05, 3.63) is 33.8 Å². The molecule has 1 saturated heterocycles. The lowest BCUT2D eigenvalue weighted by Crippen LogP contribution is -2.32. The molecule has 106 valence electrons. The molecular formula is C12H15Cl2NO3S. The molecule has 2 rings (SSSR count). The third-order valence-corrected chi connectivity index (χ3v) is 4.95. The minimum Gasteiger partial charge on any atom is -0.377 e. The van der Waals surface area contributed by atoms with Gasteiger partial charge >= 0.3 is 0 Å². The van der Waals surface area contributed by atoms with E-state index >= 15 is 0 Å². The van der Waals surface area contributed by atoms with Crippen molar-refractivity contribution in [2.45, 2.75) is 24.7 Å². The van der Waals surface area contributed by atoms with E-state index in [2.05, 4.69) is 4.72 Å². The van der Waals surface area contributed by atoms with Gasteiger partial charge in [0.25, 0.3) is 0 Å². The number of hydrogen-bond acceptors (Lipinski definition) is 3. The fourth-order valence-electron chi connectivity index (χ4n) is 1.93. The lowest BCUT2D eigenvalue weighted by Gasteiger charge is -2.11. The van der Waals surface area contributed by atoms with E-state index in [4.69, 9.17) is 27.9 Å². The van der Waals surface area contributed by atoms with Crippen molar-refractivity contribution >= 4 is 33.2 Å². The van der Waals surface area contributed by atoms with Crippen LogP contribution in [-0.4, -0.2) is 27.7 Å². The van der Waals surface area contributed by atoms with Gasteiger partial charge in [0, 0.05) is 13.2 Å². The van der Waals surface area contributed by atoms with Crippen LogP contribution in [0.1, 0.15) is 18.4 Å². The van der Waals surface area contributed by atoms with Crippen LogP contribution in [0, 0.1) is 0 Å². The normalized spacial score (nSPS) is 19.8. The number of benzene rings is 1. The highest BCUT2D eigenvalue weighted by atomic mass is 35.5. The molecule has 0 aliphatic carbocycles. The maximum atomic E-state index is 11.9. The number of rotatable bonds is 5. The van der Waals surface area contributed by atoms with Crippen molar-refractivity contribution < 1.29 is 13.2 Å². The molecule has 0 bridgehead atoms. The third-order valence-electron chi connectivity index (χ3n) is 2.90. The van der Waals surface area contributed by atoms with E-state index in [1.807, 2.05) is 0 Å². The van der Waals surface area contributed by atoms with Crippen LogP contribution in [0.4, 0.5) is 0 Å². The number of sulfonamides is 1. The van der Waals surface area contributed by atoms with Crippen LogP contribution in [0.2, 0.25) is 10.0 Å². The number of halogens is 2. The lowest BCUT2D eigenvalue weighted by molar-refractivity contribution is 0.114. The topological polar surface area (TPSA) is 55.4 Å². The Morgan fingerprint density at radius 3 is 2.74 bits per heavy atom. The fourth-order valence-corrected chi connectivity index (χ4v) is 3.41. The molecule has 0 unspecified atom stereocenters. The van der Waals surface area contributed by atoms with Crippen molar-refractivity contribution in [2.24, 2.45) is 0 Å². The van der Waals surface area contributed by atoms with Gasteiger partial charge < -0.3 is 4.74 Å². The summed E-state index contributed by atoms with van der Waals surface area (Å²) in [7, 11) is -3.38. The minimum atomic E-state index is -3.38. The molecule has 1 aliphatic heterocycles. The molecule has 0 saturated carbocycles. The van der Waals surface area contributed by atoms with Gasteiger partial charge in [-0.15, -0.1) is 0 Å². The van der Waals surface area contributed by atoms with Gasteiger partial charge in [0.05, 0.1) is 21.9 Å². The summed E-state index contributed by atoms with van der Waals surface area (Å²) in [5.74, 6) is -0.114. The van der Waals surface area contributed by atoms with Gasteiger partial charge in [-0.05, 0) is 30.5 Å². The molecule has 1 N–H and O–H groups in total. The van der Waals surface area contributed by atoms with Crippen LogP contribution in [0.25, 0.3) is 0 Å². The quantitative estimate of drug-likeness (QED) is 0.906. The molecule has 1 atom stereocenters. The average Bonchev–Trinajstić information content (AvgIpc) is 2.84. The fraction of sp³-hybridized carbons (Fsp3) is 0.500. The van der Waals surface area contributed by atoms with Crippen LogP contribution in [-0.2, 0) is 20.5 Å². The molecule has 0 spiro atoms. The summed E-state index contributed by atoms with van der Waals surface area (Å²) in [6.45, 7) is 1.03. The molecule has 0 aromatic heterocycles. The van der Waals surface area contributed by atoms with Crippen molar-refractivity contribution in [2.75, 3.05) is 13.2 Å². The van der Waals surface area contributed by atoms with Crippen molar-refractivity contribution in [1.29, 1.82) is 0 Å². The van der Waals surface area contributed by atoms with Gasteiger partial charge in [0.1, 0.15) is 0 Å². The minimum absolute atomic E-state index is 0.0106. The average molecular weight is 324 g/mol. The summed E-state index contributed by atoms with van der Waals surface area (Å²) in [5, 5.41) is 0.767. The second-order valence-electron chi connectivity index (χ2n) is 4.49. The van der Waals surface area contributed by atoms with Gasteiger partial charge in [-0.25, -0.2) is 13.1 Å². The number of ether oxygens (including phenoxy) is 1. The van der Waals surface area contributed by atoms with E-state index < -0.39 is 10.0 Å². The van der Waals surface area contributed by atoms with Gasteiger partial charge in [-0.3, -0.25) is 0 Å². The van der Waals surface area contributed by atoms with Gasteiger partial charge in [-0.1, -0.05) is 29.3 Å². The molecule has 1 aromatic carbocycles. The van der Waals surface area contributed by atoms with Crippen molar-refractivity contribution in [3.63, 3.8) is 0 Å². The van der Waals surface area contributed by atoms with E-state index in [1.54, 1.807) is 18.2 Å². The van der Waals surface area contributed by atoms with E-state index in [-0.39, 0.29) is 11.9 Å². The Morgan fingerprint density at radius 1 is 1.32 bits per heavy atom. The summed E-state index contributed by atoms with van der Waals surface area (Å²) < 4.78 is 31.7. The van der Waals surface area contributed by atoms with Crippen molar-refractivity contribution in [1.82, 2.24) is 4.72 Å². The molecule has 19 heavy (non-hydrogen) atoms. The van der Waals surface area contributed by atoms with Crippen LogP contribution in [0.15, 0.2) is 18.2 Å². The summed E-state index contributed by atoms with van der Waals surface area (Å²) >= 11 is 11.6. The monoisotopic (exact) mass is 323 g/mol. The van der Waals surface area contributed by atoms with Crippen LogP contribution >= 0.6 is 23.2 Å². The first-order chi connectivity index (χ1) is 8.96. The molecule has 0 radical (unpaired) electrons. The maximum Gasteiger partial charge on any atom is 0.215 e. The molecule has 1 aromatic rings. The van der Waals surface area contributed by atoms with E-state index in [9.17, 15) is 8.42 Å². The van der Waals surface area contributed by atoms with E-state index in [1.165, 1.54) is 0 Å². The predicted octanol–water partition coefficient (Wildman–Crippen LogP) is 2.59. The second-order valence-corrected chi connectivity index (χ2v) is 7.11. The van der Waals surface area contributed by atoms with Crippen LogP contribution < -0.4 is 4.72 Å². The second kappa shape index (κ2) is 6.41. The Balaban J connectivity index is 1.93. The largest absolute Gasteiger partial charge is 0.377 e. The molecule has 7 heteroatoms. The Bertz CT molecular complexity index is 542. The smallest absolute Gasteiger partial charge is 0.215 e. The van der Waals surface area contributed by atoms with Gasteiger partial charge in [0.15, 0.2) is 0 Å². The third kappa shape index (κ3) is 4.61. The first-order valence-corrected chi connectivity index (χ1v) is 8.40. The van der Waals surface area contributed by atoms with E-state index in [0.29, 0.717) is 28.8 Å². The predicted molar refractivity (Wildman–Crippen MR) is 76.1 cm³/mol. The Kier molecular flexibility index (Phi) is 5.09. The summed E-state index contributed by atoms with van der Waals surface area (Å²) in [5.41, 5.74) is 0.606. The first-order valence-electron chi connectivity index (χ1n) is 5.99. The molecular weight excluding hydrogens is 309 g/mol. The Morgan fingerprint density at radius 2 is 2.11 bits per heavy atom. The van der Waals surface area contributed by atoms with Gasteiger partial charge in [-0.2, -0.15) is 0 Å². The molecule has 1 aliphatic rings. The molecule has 4 nitrogen and oxygen atoms in total. The number of nitrogens with one attached hydrogen (secondary N) is 1. The summed E-state index contributed by atoms with van der Waals surface area (Å²) in [6, 6.07) is 4.81. The highest BCUT2D eigenvalue weighted by Gasteiger charge is 2.19. The zero-order valence-corrected chi connectivity index (χ0v) is 12.6. The standard InChI is InChI=1S/C12H15Cl2NO3S/c13-11-4-3-9(6-12(11)14)8-19(16,17)15-7-10-2-1-5-18-10/h3-4,6,10,15H,1-2,5,7-8H2/t10-/m0/s1. The maximum absolute atomic E-state index is 11.9. The van der Waals surface area contributed by atoms with E-state index in [0.717, 1.165) is 12.8 Å². The number of hydrogen-bond donors (Lipinski definition) is 1. The zero-order chi connectivity index (χ0) is 13.9. The Hall–Kier alpha value is -0.330. The van der Waals surface area contributed by atoms with Crippen LogP contribution in [0.5, 0.6) is 0 Å². The molecule has 1 fully saturated rings. The SMILES string of the molecule is O=S(=O)(Cc1ccc(Cl)c(Cl)c1)NC[C@@H]1CCCO1. The zero-order valence-electron chi connectivity index (χ0n) is 10.2. The lowest BCUT2D eigenvalue weighted by atomic mass is 10.2. The first kappa shape index (κ1) is 15.1. The summed E-state index contributed by atoms with van der Waals surface area (Å²) in [4.78, 5) is 0. The highest BCUT2D eigenvalue weighted by Crippen LogP contribution is 2.23. The van der Waals surface area contributed by atoms with Crippen molar-refractivity contribution in [3.8, 4) is 0 Å².